The Morgan fingerprint density at radius 1 is 1.29 bits per heavy atom. The van der Waals surface area contributed by atoms with Crippen molar-refractivity contribution >= 4 is 5.97 Å². The average molecular weight is 240 g/mol. The van der Waals surface area contributed by atoms with Gasteiger partial charge in [0.25, 0.3) is 0 Å². The van der Waals surface area contributed by atoms with E-state index >= 15 is 0 Å². The number of rotatable bonds is 4. The first-order chi connectivity index (χ1) is 7.77. The number of aliphatic hydroxyl groups is 1. The molecule has 1 aromatic rings. The SMILES string of the molecule is CC(C)C(O)(Cc1ccc(O)c(O)c1)C(=O)O. The Labute approximate surface area is 99.0 Å². The Hall–Kier alpha value is -1.75. The van der Waals surface area contributed by atoms with Gasteiger partial charge in [0.2, 0.25) is 0 Å². The number of phenolic OH excluding ortho intramolecular Hbond substituents is 2. The van der Waals surface area contributed by atoms with Crippen LogP contribution in [0.1, 0.15) is 19.4 Å². The number of aliphatic carboxylic acids is 1. The smallest absolute Gasteiger partial charge is 0.336 e. The van der Waals surface area contributed by atoms with Gasteiger partial charge in [-0.2, -0.15) is 0 Å². The molecular formula is C12H16O5. The lowest BCUT2D eigenvalue weighted by Crippen LogP contribution is -2.45. The normalized spacial score (nSPS) is 14.6. The first-order valence-corrected chi connectivity index (χ1v) is 5.24. The van der Waals surface area contributed by atoms with Crippen LogP contribution in [0.15, 0.2) is 18.2 Å². The van der Waals surface area contributed by atoms with Gasteiger partial charge >= 0.3 is 5.97 Å². The van der Waals surface area contributed by atoms with Crippen LogP contribution < -0.4 is 0 Å². The molecule has 0 spiro atoms. The van der Waals surface area contributed by atoms with Gasteiger partial charge in [-0.05, 0) is 23.6 Å². The molecule has 1 atom stereocenters. The Morgan fingerprint density at radius 3 is 2.29 bits per heavy atom. The molecule has 0 aliphatic heterocycles. The predicted molar refractivity (Wildman–Crippen MR) is 60.9 cm³/mol. The molecule has 1 aromatic carbocycles. The van der Waals surface area contributed by atoms with Gasteiger partial charge in [0.15, 0.2) is 17.1 Å². The molecular weight excluding hydrogens is 224 g/mol. The van der Waals surface area contributed by atoms with Crippen LogP contribution in [0.3, 0.4) is 0 Å². The summed E-state index contributed by atoms with van der Waals surface area (Å²) in [7, 11) is 0. The number of hydrogen-bond donors (Lipinski definition) is 4. The van der Waals surface area contributed by atoms with E-state index in [4.69, 9.17) is 10.2 Å². The number of benzene rings is 1. The second kappa shape index (κ2) is 4.63. The van der Waals surface area contributed by atoms with Crippen molar-refractivity contribution in [3.63, 3.8) is 0 Å². The minimum absolute atomic E-state index is 0.131. The molecule has 4 N–H and O–H groups in total. The first-order valence-electron chi connectivity index (χ1n) is 5.24. The fourth-order valence-electron chi connectivity index (χ4n) is 1.52. The number of carboxylic acids is 1. The van der Waals surface area contributed by atoms with Gasteiger partial charge in [0.05, 0.1) is 0 Å². The summed E-state index contributed by atoms with van der Waals surface area (Å²) in [5.41, 5.74) is -1.44. The molecule has 0 aliphatic carbocycles. The van der Waals surface area contributed by atoms with Crippen molar-refractivity contribution in [1.29, 1.82) is 0 Å². The van der Waals surface area contributed by atoms with E-state index < -0.39 is 17.5 Å². The van der Waals surface area contributed by atoms with Crippen LogP contribution in [0.2, 0.25) is 0 Å². The summed E-state index contributed by atoms with van der Waals surface area (Å²) in [6.45, 7) is 3.21. The molecule has 94 valence electrons. The van der Waals surface area contributed by atoms with Gasteiger partial charge in [-0.3, -0.25) is 0 Å². The second-order valence-corrected chi connectivity index (χ2v) is 4.38. The van der Waals surface area contributed by atoms with Crippen molar-refractivity contribution in [3.8, 4) is 11.5 Å². The number of aromatic hydroxyl groups is 2. The first kappa shape index (κ1) is 13.3. The summed E-state index contributed by atoms with van der Waals surface area (Å²) in [5, 5.41) is 37.5. The number of carbonyl (C=O) groups is 1. The number of carboxylic acid groups (broad SMARTS) is 1. The van der Waals surface area contributed by atoms with Gasteiger partial charge < -0.3 is 20.4 Å². The maximum absolute atomic E-state index is 11.1. The van der Waals surface area contributed by atoms with E-state index in [9.17, 15) is 15.0 Å². The Kier molecular flexibility index (Phi) is 3.63. The molecule has 0 aromatic heterocycles. The van der Waals surface area contributed by atoms with E-state index in [0.717, 1.165) is 0 Å². The molecule has 0 saturated carbocycles. The van der Waals surface area contributed by atoms with Crippen LogP contribution >= 0.6 is 0 Å². The largest absolute Gasteiger partial charge is 0.504 e. The zero-order valence-electron chi connectivity index (χ0n) is 9.71. The van der Waals surface area contributed by atoms with E-state index in [1.807, 2.05) is 0 Å². The van der Waals surface area contributed by atoms with Crippen molar-refractivity contribution in [1.82, 2.24) is 0 Å². The van der Waals surface area contributed by atoms with E-state index in [1.165, 1.54) is 18.2 Å². The van der Waals surface area contributed by atoms with Gasteiger partial charge in [0, 0.05) is 6.42 Å². The third-order valence-corrected chi connectivity index (χ3v) is 2.84. The number of hydrogen-bond acceptors (Lipinski definition) is 4. The van der Waals surface area contributed by atoms with Crippen molar-refractivity contribution in [3.05, 3.63) is 23.8 Å². The Morgan fingerprint density at radius 2 is 1.88 bits per heavy atom. The molecule has 0 radical (unpaired) electrons. The minimum atomic E-state index is -1.89. The third kappa shape index (κ3) is 2.68. The van der Waals surface area contributed by atoms with Gasteiger partial charge in [-0.15, -0.1) is 0 Å². The molecule has 5 heteroatoms. The maximum atomic E-state index is 11.1. The fraction of sp³-hybridized carbons (Fsp3) is 0.417. The molecule has 1 unspecified atom stereocenters. The zero-order chi connectivity index (χ0) is 13.2. The van der Waals surface area contributed by atoms with Crippen LogP contribution in [-0.4, -0.2) is 32.0 Å². The van der Waals surface area contributed by atoms with E-state index in [2.05, 4.69) is 0 Å². The highest BCUT2D eigenvalue weighted by Crippen LogP contribution is 2.29. The third-order valence-electron chi connectivity index (χ3n) is 2.84. The lowest BCUT2D eigenvalue weighted by atomic mass is 9.84. The summed E-state index contributed by atoms with van der Waals surface area (Å²) < 4.78 is 0. The summed E-state index contributed by atoms with van der Waals surface area (Å²) in [6, 6.07) is 3.96. The maximum Gasteiger partial charge on any atom is 0.336 e. The predicted octanol–water partition coefficient (Wildman–Crippen LogP) is 1.11. The second-order valence-electron chi connectivity index (χ2n) is 4.38. The van der Waals surface area contributed by atoms with Crippen LogP contribution in [0.25, 0.3) is 0 Å². The molecule has 1 rings (SSSR count). The number of phenols is 2. The fourth-order valence-corrected chi connectivity index (χ4v) is 1.52. The standard InChI is InChI=1S/C12H16O5/c1-7(2)12(17,11(15)16)6-8-3-4-9(13)10(14)5-8/h3-5,7,13-14,17H,6H2,1-2H3,(H,15,16). The molecule has 0 heterocycles. The van der Waals surface area contributed by atoms with E-state index in [0.29, 0.717) is 5.56 Å². The van der Waals surface area contributed by atoms with Gasteiger partial charge in [-0.1, -0.05) is 19.9 Å². The van der Waals surface area contributed by atoms with Gasteiger partial charge in [-0.25, -0.2) is 4.79 Å². The van der Waals surface area contributed by atoms with Crippen LogP contribution in [-0.2, 0) is 11.2 Å². The molecule has 0 bridgehead atoms. The molecule has 0 amide bonds. The van der Waals surface area contributed by atoms with Crippen molar-refractivity contribution in [2.24, 2.45) is 5.92 Å². The Balaban J connectivity index is 3.02. The average Bonchev–Trinajstić information content (AvgIpc) is 2.22. The lowest BCUT2D eigenvalue weighted by molar-refractivity contribution is -0.163. The van der Waals surface area contributed by atoms with Crippen molar-refractivity contribution < 1.29 is 25.2 Å². The van der Waals surface area contributed by atoms with Crippen LogP contribution in [0.4, 0.5) is 0 Å². The van der Waals surface area contributed by atoms with Crippen LogP contribution in [0.5, 0.6) is 11.5 Å². The van der Waals surface area contributed by atoms with Crippen molar-refractivity contribution in [2.75, 3.05) is 0 Å². The molecule has 0 aliphatic rings. The zero-order valence-corrected chi connectivity index (χ0v) is 9.71. The monoisotopic (exact) mass is 240 g/mol. The summed E-state index contributed by atoms with van der Waals surface area (Å²) in [6.07, 6.45) is -0.131. The molecule has 0 saturated heterocycles. The highest BCUT2D eigenvalue weighted by molar-refractivity contribution is 5.78. The highest BCUT2D eigenvalue weighted by atomic mass is 16.4. The van der Waals surface area contributed by atoms with E-state index in [-0.39, 0.29) is 17.9 Å². The molecule has 0 fully saturated rings. The summed E-state index contributed by atoms with van der Waals surface area (Å²) in [5.74, 6) is -2.40. The summed E-state index contributed by atoms with van der Waals surface area (Å²) >= 11 is 0. The summed E-state index contributed by atoms with van der Waals surface area (Å²) in [4.78, 5) is 11.1. The van der Waals surface area contributed by atoms with Crippen molar-refractivity contribution in [2.45, 2.75) is 25.9 Å². The highest BCUT2D eigenvalue weighted by Gasteiger charge is 2.39. The Bertz CT molecular complexity index is 427. The van der Waals surface area contributed by atoms with Gasteiger partial charge in [0.1, 0.15) is 0 Å². The molecule has 17 heavy (non-hydrogen) atoms. The minimum Gasteiger partial charge on any atom is -0.504 e. The van der Waals surface area contributed by atoms with E-state index in [1.54, 1.807) is 13.8 Å². The lowest BCUT2D eigenvalue weighted by Gasteiger charge is -2.27. The van der Waals surface area contributed by atoms with Crippen LogP contribution in [0, 0.1) is 5.92 Å². The molecule has 5 nitrogen and oxygen atoms in total. The quantitative estimate of drug-likeness (QED) is 0.591. The topological polar surface area (TPSA) is 98.0 Å².